The zero-order valence-electron chi connectivity index (χ0n) is 12.3. The van der Waals surface area contributed by atoms with Crippen LogP contribution < -0.4 is 0 Å². The van der Waals surface area contributed by atoms with Crippen LogP contribution in [-0.2, 0) is 0 Å². The normalized spacial score (nSPS) is 11.3. The van der Waals surface area contributed by atoms with E-state index in [0.29, 0.717) is 21.5 Å². The summed E-state index contributed by atoms with van der Waals surface area (Å²) in [4.78, 5) is 15.0. The van der Waals surface area contributed by atoms with Crippen LogP contribution in [0.25, 0.3) is 22.2 Å². The van der Waals surface area contributed by atoms with Crippen molar-refractivity contribution in [3.63, 3.8) is 0 Å². The topological polar surface area (TPSA) is 32.9 Å². The fourth-order valence-electron chi connectivity index (χ4n) is 2.74. The van der Waals surface area contributed by atoms with E-state index in [2.05, 4.69) is 24.9 Å². The molecule has 1 aromatic heterocycles. The van der Waals surface area contributed by atoms with Gasteiger partial charge in [0.05, 0.1) is 21.3 Å². The van der Waals surface area contributed by atoms with Gasteiger partial charge in [-0.25, -0.2) is 0 Å². The molecule has 22 heavy (non-hydrogen) atoms. The second-order valence-electron chi connectivity index (χ2n) is 5.58. The van der Waals surface area contributed by atoms with E-state index in [9.17, 15) is 4.79 Å². The summed E-state index contributed by atoms with van der Waals surface area (Å²) in [7, 11) is 0. The molecular formula is C18H15Cl2NO. The highest BCUT2D eigenvalue weighted by Gasteiger charge is 2.16. The molecule has 0 aliphatic rings. The maximum atomic E-state index is 11.6. The van der Waals surface area contributed by atoms with E-state index in [-0.39, 0.29) is 0 Å². The van der Waals surface area contributed by atoms with Crippen molar-refractivity contribution in [3.8, 4) is 11.3 Å². The Balaban J connectivity index is 2.32. The highest BCUT2D eigenvalue weighted by atomic mass is 35.5. The maximum absolute atomic E-state index is 11.6. The van der Waals surface area contributed by atoms with Gasteiger partial charge in [-0.1, -0.05) is 61.3 Å². The van der Waals surface area contributed by atoms with E-state index >= 15 is 0 Å². The van der Waals surface area contributed by atoms with Gasteiger partial charge >= 0.3 is 0 Å². The second kappa shape index (κ2) is 5.79. The quantitative estimate of drug-likeness (QED) is 0.580. The van der Waals surface area contributed by atoms with Gasteiger partial charge in [-0.05, 0) is 23.6 Å². The van der Waals surface area contributed by atoms with Crippen LogP contribution in [-0.4, -0.2) is 11.3 Å². The predicted octanol–water partition coefficient (Wildman–Crippen LogP) is 6.08. The third-order valence-corrected chi connectivity index (χ3v) is 4.59. The van der Waals surface area contributed by atoms with Crippen molar-refractivity contribution < 1.29 is 4.79 Å². The van der Waals surface area contributed by atoms with Crippen molar-refractivity contribution in [3.05, 3.63) is 57.6 Å². The van der Waals surface area contributed by atoms with E-state index in [0.717, 1.165) is 28.4 Å². The van der Waals surface area contributed by atoms with Gasteiger partial charge in [0, 0.05) is 16.5 Å². The molecule has 3 rings (SSSR count). The van der Waals surface area contributed by atoms with Crippen molar-refractivity contribution >= 4 is 40.4 Å². The summed E-state index contributed by atoms with van der Waals surface area (Å²) < 4.78 is 0. The molecule has 0 aliphatic heterocycles. The van der Waals surface area contributed by atoms with E-state index < -0.39 is 0 Å². The summed E-state index contributed by atoms with van der Waals surface area (Å²) in [6.45, 7) is 4.27. The molecule has 4 heteroatoms. The Kier molecular flexibility index (Phi) is 3.98. The van der Waals surface area contributed by atoms with E-state index in [1.54, 1.807) is 12.1 Å². The van der Waals surface area contributed by atoms with Crippen LogP contribution >= 0.6 is 23.2 Å². The molecule has 0 fully saturated rings. The molecular weight excluding hydrogens is 317 g/mol. The highest BCUT2D eigenvalue weighted by Crippen LogP contribution is 2.35. The van der Waals surface area contributed by atoms with Gasteiger partial charge in [0.25, 0.3) is 0 Å². The van der Waals surface area contributed by atoms with Crippen molar-refractivity contribution in [1.82, 2.24) is 4.98 Å². The summed E-state index contributed by atoms with van der Waals surface area (Å²) in [5.74, 6) is 0.364. The van der Waals surface area contributed by atoms with Crippen LogP contribution in [0.4, 0.5) is 0 Å². The van der Waals surface area contributed by atoms with Gasteiger partial charge in [-0.15, -0.1) is 0 Å². The molecule has 0 bridgehead atoms. The van der Waals surface area contributed by atoms with Crippen molar-refractivity contribution in [2.24, 2.45) is 0 Å². The first kappa shape index (κ1) is 15.1. The average molecular weight is 332 g/mol. The minimum absolute atomic E-state index is 0.364. The first-order valence-electron chi connectivity index (χ1n) is 7.08. The Morgan fingerprint density at radius 2 is 1.86 bits per heavy atom. The van der Waals surface area contributed by atoms with Gasteiger partial charge in [-0.2, -0.15) is 0 Å². The standard InChI is InChI=1S/C18H15Cl2NO/c1-10(2)12-4-3-5-13-14(9-22)17(21-18(12)13)11-6-7-15(19)16(20)8-11/h3-10,21H,1-2H3. The van der Waals surface area contributed by atoms with E-state index in [1.165, 1.54) is 5.56 Å². The predicted molar refractivity (Wildman–Crippen MR) is 93.2 cm³/mol. The molecule has 0 amide bonds. The third kappa shape index (κ3) is 2.43. The number of halogens is 2. The summed E-state index contributed by atoms with van der Waals surface area (Å²) >= 11 is 12.1. The van der Waals surface area contributed by atoms with Gasteiger partial charge in [-0.3, -0.25) is 4.79 Å². The molecule has 0 aliphatic carbocycles. The molecule has 1 N–H and O–H groups in total. The van der Waals surface area contributed by atoms with Crippen molar-refractivity contribution in [2.45, 2.75) is 19.8 Å². The number of benzene rings is 2. The average Bonchev–Trinajstić information content (AvgIpc) is 2.88. The second-order valence-corrected chi connectivity index (χ2v) is 6.40. The number of hydrogen-bond donors (Lipinski definition) is 1. The number of para-hydroxylation sites is 1. The van der Waals surface area contributed by atoms with Crippen LogP contribution in [0.3, 0.4) is 0 Å². The minimum Gasteiger partial charge on any atom is -0.354 e. The molecule has 0 saturated heterocycles. The lowest BCUT2D eigenvalue weighted by Gasteiger charge is -2.06. The SMILES string of the molecule is CC(C)c1cccc2c(C=O)c(-c3ccc(Cl)c(Cl)c3)[nH]c12. The molecule has 112 valence electrons. The number of aromatic nitrogens is 1. The summed E-state index contributed by atoms with van der Waals surface area (Å²) in [5.41, 5.74) is 4.46. The third-order valence-electron chi connectivity index (χ3n) is 3.85. The molecule has 3 aromatic rings. The molecule has 0 spiro atoms. The fraction of sp³-hybridized carbons (Fsp3) is 0.167. The number of aromatic amines is 1. The van der Waals surface area contributed by atoms with Crippen molar-refractivity contribution in [1.29, 1.82) is 0 Å². The number of carbonyl (C=O) groups is 1. The fourth-order valence-corrected chi connectivity index (χ4v) is 3.04. The van der Waals surface area contributed by atoms with Crippen LogP contribution in [0.5, 0.6) is 0 Å². The Hall–Kier alpha value is -1.77. The highest BCUT2D eigenvalue weighted by molar-refractivity contribution is 6.42. The van der Waals surface area contributed by atoms with Crippen LogP contribution in [0.15, 0.2) is 36.4 Å². The van der Waals surface area contributed by atoms with Gasteiger partial charge in [0.2, 0.25) is 0 Å². The van der Waals surface area contributed by atoms with E-state index in [1.807, 2.05) is 18.2 Å². The lowest BCUT2D eigenvalue weighted by Crippen LogP contribution is -1.88. The summed E-state index contributed by atoms with van der Waals surface area (Å²) in [6, 6.07) is 11.4. The lowest BCUT2D eigenvalue weighted by molar-refractivity contribution is 0.112. The number of carbonyl (C=O) groups excluding carboxylic acids is 1. The van der Waals surface area contributed by atoms with Gasteiger partial charge in [0.15, 0.2) is 6.29 Å². The van der Waals surface area contributed by atoms with Crippen LogP contribution in [0, 0.1) is 0 Å². The first-order chi connectivity index (χ1) is 10.5. The monoisotopic (exact) mass is 331 g/mol. The zero-order valence-corrected chi connectivity index (χ0v) is 13.8. The lowest BCUT2D eigenvalue weighted by atomic mass is 9.99. The molecule has 0 atom stereocenters. The van der Waals surface area contributed by atoms with Crippen molar-refractivity contribution in [2.75, 3.05) is 0 Å². The maximum Gasteiger partial charge on any atom is 0.152 e. The molecule has 2 aromatic carbocycles. The minimum atomic E-state index is 0.364. The molecule has 2 nitrogen and oxygen atoms in total. The molecule has 0 saturated carbocycles. The number of nitrogens with one attached hydrogen (secondary N) is 1. The van der Waals surface area contributed by atoms with Crippen LogP contribution in [0.2, 0.25) is 10.0 Å². The van der Waals surface area contributed by atoms with Gasteiger partial charge in [0.1, 0.15) is 0 Å². The summed E-state index contributed by atoms with van der Waals surface area (Å²) in [5, 5.41) is 1.90. The number of fused-ring (bicyclic) bond motifs is 1. The van der Waals surface area contributed by atoms with Crippen LogP contribution in [0.1, 0.15) is 35.7 Å². The molecule has 1 heterocycles. The number of hydrogen-bond acceptors (Lipinski definition) is 1. The van der Waals surface area contributed by atoms with Gasteiger partial charge < -0.3 is 4.98 Å². The number of rotatable bonds is 3. The molecule has 0 radical (unpaired) electrons. The Morgan fingerprint density at radius 3 is 2.50 bits per heavy atom. The Morgan fingerprint density at radius 1 is 1.09 bits per heavy atom. The molecule has 0 unspecified atom stereocenters. The number of H-pyrrole nitrogens is 1. The largest absolute Gasteiger partial charge is 0.354 e. The summed E-state index contributed by atoms with van der Waals surface area (Å²) in [6.07, 6.45) is 0.890. The smallest absolute Gasteiger partial charge is 0.152 e. The number of aldehydes is 1. The zero-order chi connectivity index (χ0) is 15.9. The Bertz CT molecular complexity index is 865. The Labute approximate surface area is 139 Å². The first-order valence-corrected chi connectivity index (χ1v) is 7.83. The van der Waals surface area contributed by atoms with E-state index in [4.69, 9.17) is 23.2 Å².